The van der Waals surface area contributed by atoms with Gasteiger partial charge in [0.05, 0.1) is 11.0 Å². The lowest BCUT2D eigenvalue weighted by atomic mass is 10.1. The predicted molar refractivity (Wildman–Crippen MR) is 197 cm³/mol. The zero-order chi connectivity index (χ0) is 32.8. The van der Waals surface area contributed by atoms with Crippen molar-refractivity contribution in [3.8, 4) is 40.0 Å². The molecular formula is C43H24N4O3. The summed E-state index contributed by atoms with van der Waals surface area (Å²) in [5.74, 6) is 1.76. The zero-order valence-electron chi connectivity index (χ0n) is 26.4. The molecule has 0 saturated carbocycles. The maximum absolute atomic E-state index is 6.36. The normalized spacial score (nSPS) is 12.0. The van der Waals surface area contributed by atoms with Gasteiger partial charge in [-0.15, -0.1) is 0 Å². The van der Waals surface area contributed by atoms with Crippen LogP contribution in [0.3, 0.4) is 0 Å². The van der Waals surface area contributed by atoms with Crippen LogP contribution in [0.2, 0.25) is 0 Å². The Morgan fingerprint density at radius 3 is 1.46 bits per heavy atom. The van der Waals surface area contributed by atoms with E-state index in [1.165, 1.54) is 0 Å². The molecule has 0 aliphatic heterocycles. The molecule has 11 rings (SSSR count). The van der Waals surface area contributed by atoms with Gasteiger partial charge in [0.25, 0.3) is 0 Å². The van der Waals surface area contributed by atoms with Gasteiger partial charge in [-0.1, -0.05) is 48.5 Å². The first kappa shape index (κ1) is 27.0. The smallest absolute Gasteiger partial charge is 0.227 e. The van der Waals surface area contributed by atoms with E-state index in [9.17, 15) is 0 Å². The van der Waals surface area contributed by atoms with Crippen LogP contribution in [-0.2, 0) is 0 Å². The van der Waals surface area contributed by atoms with Crippen molar-refractivity contribution in [1.29, 1.82) is 0 Å². The highest BCUT2D eigenvalue weighted by atomic mass is 16.4. The maximum Gasteiger partial charge on any atom is 0.227 e. The molecule has 0 unspecified atom stereocenters. The summed E-state index contributed by atoms with van der Waals surface area (Å²) >= 11 is 0. The number of fused-ring (bicyclic) bond motifs is 7. The van der Waals surface area contributed by atoms with Crippen molar-refractivity contribution in [1.82, 2.24) is 19.5 Å². The van der Waals surface area contributed by atoms with Crippen LogP contribution in [-0.4, -0.2) is 19.5 Å². The lowest BCUT2D eigenvalue weighted by Crippen LogP contribution is -1.94. The Bertz CT molecular complexity index is 2990. The highest BCUT2D eigenvalue weighted by Crippen LogP contribution is 2.38. The van der Waals surface area contributed by atoms with E-state index >= 15 is 0 Å². The van der Waals surface area contributed by atoms with Gasteiger partial charge in [0.2, 0.25) is 17.7 Å². The molecule has 7 heteroatoms. The molecule has 0 amide bonds. The van der Waals surface area contributed by atoms with E-state index in [4.69, 9.17) is 28.2 Å². The summed E-state index contributed by atoms with van der Waals surface area (Å²) in [5.41, 5.74) is 10.6. The van der Waals surface area contributed by atoms with Crippen molar-refractivity contribution in [2.24, 2.45) is 0 Å². The molecular weight excluding hydrogens is 620 g/mol. The number of nitrogens with zero attached hydrogens (tertiary/aromatic N) is 4. The minimum Gasteiger partial charge on any atom is -0.436 e. The third-order valence-electron chi connectivity index (χ3n) is 9.48. The van der Waals surface area contributed by atoms with Crippen LogP contribution < -0.4 is 0 Å². The monoisotopic (exact) mass is 644 g/mol. The van der Waals surface area contributed by atoms with Crippen LogP contribution in [0.15, 0.2) is 159 Å². The summed E-state index contributed by atoms with van der Waals surface area (Å²) in [6, 6.07) is 49.1. The highest BCUT2D eigenvalue weighted by molar-refractivity contribution is 6.11. The van der Waals surface area contributed by atoms with Gasteiger partial charge in [0.15, 0.2) is 16.7 Å². The van der Waals surface area contributed by atoms with E-state index in [1.807, 2.05) is 60.7 Å². The number of oxazole rings is 3. The molecule has 0 atom stereocenters. The fraction of sp³-hybridized carbons (Fsp3) is 0. The van der Waals surface area contributed by atoms with Crippen molar-refractivity contribution in [3.63, 3.8) is 0 Å². The average Bonchev–Trinajstić information content (AvgIpc) is 3.96. The summed E-state index contributed by atoms with van der Waals surface area (Å²) < 4.78 is 20.9. The van der Waals surface area contributed by atoms with Gasteiger partial charge in [0, 0.05) is 33.2 Å². The molecule has 234 valence electrons. The Morgan fingerprint density at radius 2 is 0.860 bits per heavy atom. The van der Waals surface area contributed by atoms with Gasteiger partial charge in [-0.2, -0.15) is 0 Å². The molecule has 4 heterocycles. The van der Waals surface area contributed by atoms with Gasteiger partial charge >= 0.3 is 0 Å². The first-order chi connectivity index (χ1) is 24.7. The largest absolute Gasteiger partial charge is 0.436 e. The van der Waals surface area contributed by atoms with E-state index in [0.717, 1.165) is 88.3 Å². The molecule has 7 aromatic carbocycles. The minimum atomic E-state index is 0.580. The lowest BCUT2D eigenvalue weighted by Gasteiger charge is -2.09. The molecule has 0 aliphatic rings. The van der Waals surface area contributed by atoms with Crippen LogP contribution in [0.4, 0.5) is 0 Å². The number of aromatic nitrogens is 4. The van der Waals surface area contributed by atoms with Gasteiger partial charge in [-0.3, -0.25) is 0 Å². The number of rotatable bonds is 4. The molecule has 50 heavy (non-hydrogen) atoms. The van der Waals surface area contributed by atoms with Crippen molar-refractivity contribution in [2.75, 3.05) is 0 Å². The van der Waals surface area contributed by atoms with E-state index < -0.39 is 0 Å². The summed E-state index contributed by atoms with van der Waals surface area (Å²) in [6.07, 6.45) is 0. The Kier molecular flexibility index (Phi) is 5.54. The topological polar surface area (TPSA) is 83.0 Å². The Morgan fingerprint density at radius 1 is 0.380 bits per heavy atom. The molecule has 0 N–H and O–H groups in total. The Balaban J connectivity index is 1.09. The van der Waals surface area contributed by atoms with Crippen molar-refractivity contribution < 1.29 is 13.3 Å². The van der Waals surface area contributed by atoms with E-state index in [1.54, 1.807) is 0 Å². The van der Waals surface area contributed by atoms with Gasteiger partial charge < -0.3 is 17.8 Å². The number of benzene rings is 7. The van der Waals surface area contributed by atoms with Crippen molar-refractivity contribution >= 4 is 65.9 Å². The molecule has 0 spiro atoms. The van der Waals surface area contributed by atoms with Gasteiger partial charge in [0.1, 0.15) is 16.6 Å². The highest BCUT2D eigenvalue weighted by Gasteiger charge is 2.19. The second kappa shape index (κ2) is 10.3. The molecule has 0 saturated heterocycles. The van der Waals surface area contributed by atoms with Crippen molar-refractivity contribution in [3.05, 3.63) is 146 Å². The second-order valence-corrected chi connectivity index (χ2v) is 12.5. The van der Waals surface area contributed by atoms with Gasteiger partial charge in [-0.05, 0) is 108 Å². The third-order valence-corrected chi connectivity index (χ3v) is 9.48. The number of hydrogen-bond donors (Lipinski definition) is 0. The van der Waals surface area contributed by atoms with Crippen LogP contribution in [0.1, 0.15) is 0 Å². The molecule has 7 nitrogen and oxygen atoms in total. The first-order valence-corrected chi connectivity index (χ1v) is 16.4. The first-order valence-electron chi connectivity index (χ1n) is 16.4. The van der Waals surface area contributed by atoms with Crippen LogP contribution >= 0.6 is 0 Å². The minimum absolute atomic E-state index is 0.580. The maximum atomic E-state index is 6.36. The Hall–Kier alpha value is -6.99. The standard InChI is InChI=1S/C43H24N4O3/c1-2-8-27-24-40-35(23-26(27)7-1)46-43(50-40)29-16-20-37-32(22-29)31-21-28(42-45-34-10-4-6-12-39(34)49-42)15-19-36(31)47(37)30-17-13-25(14-18-30)41-44-33-9-3-5-11-38(33)48-41/h1-24H. The zero-order valence-corrected chi connectivity index (χ0v) is 26.4. The fourth-order valence-corrected chi connectivity index (χ4v) is 7.05. The van der Waals surface area contributed by atoms with Gasteiger partial charge in [-0.25, -0.2) is 15.0 Å². The number of hydrogen-bond acceptors (Lipinski definition) is 6. The van der Waals surface area contributed by atoms with Crippen LogP contribution in [0.5, 0.6) is 0 Å². The SMILES string of the molecule is c1ccc2cc3oc(-c4ccc5c(c4)c4cc(-c6nc7ccccc7o6)ccc4n5-c4ccc(-c5nc6ccccc6o5)cc4)nc3cc2c1. The van der Waals surface area contributed by atoms with E-state index in [2.05, 4.69) is 89.5 Å². The third kappa shape index (κ3) is 4.13. The van der Waals surface area contributed by atoms with Crippen LogP contribution in [0, 0.1) is 0 Å². The molecule has 0 bridgehead atoms. The van der Waals surface area contributed by atoms with Crippen LogP contribution in [0.25, 0.3) is 106 Å². The molecule has 0 fully saturated rings. The lowest BCUT2D eigenvalue weighted by molar-refractivity contribution is 0.619. The van der Waals surface area contributed by atoms with Crippen molar-refractivity contribution in [2.45, 2.75) is 0 Å². The summed E-state index contributed by atoms with van der Waals surface area (Å²) in [4.78, 5) is 14.4. The molecule has 0 radical (unpaired) electrons. The molecule has 11 aromatic rings. The van der Waals surface area contributed by atoms with E-state index in [-0.39, 0.29) is 0 Å². The fourth-order valence-electron chi connectivity index (χ4n) is 7.05. The molecule has 4 aromatic heterocycles. The number of para-hydroxylation sites is 4. The summed E-state index contributed by atoms with van der Waals surface area (Å²) in [5, 5.41) is 4.37. The van der Waals surface area contributed by atoms with E-state index in [0.29, 0.717) is 17.7 Å². The molecule has 0 aliphatic carbocycles. The summed E-state index contributed by atoms with van der Waals surface area (Å²) in [7, 11) is 0. The quantitative estimate of drug-likeness (QED) is 0.190. The second-order valence-electron chi connectivity index (χ2n) is 12.5. The average molecular weight is 645 g/mol. The predicted octanol–water partition coefficient (Wildman–Crippen LogP) is 11.4. The Labute approximate surface area is 283 Å². The summed E-state index contributed by atoms with van der Waals surface area (Å²) in [6.45, 7) is 0.